The van der Waals surface area contributed by atoms with Gasteiger partial charge in [0.1, 0.15) is 11.8 Å². The van der Waals surface area contributed by atoms with E-state index in [1.165, 1.54) is 24.3 Å². The quantitative estimate of drug-likeness (QED) is 0.207. The van der Waals surface area contributed by atoms with Gasteiger partial charge in [0.2, 0.25) is 0 Å². The molecule has 1 heterocycles. The fourth-order valence-corrected chi connectivity index (χ4v) is 3.84. The van der Waals surface area contributed by atoms with Gasteiger partial charge in [0.05, 0.1) is 16.1 Å². The van der Waals surface area contributed by atoms with Gasteiger partial charge >= 0.3 is 0 Å². The van der Waals surface area contributed by atoms with Gasteiger partial charge in [-0.25, -0.2) is 0 Å². The predicted molar refractivity (Wildman–Crippen MR) is 116 cm³/mol. The summed E-state index contributed by atoms with van der Waals surface area (Å²) in [6, 6.07) is 19.1. The van der Waals surface area contributed by atoms with Crippen molar-refractivity contribution in [1.82, 2.24) is 0 Å². The lowest BCUT2D eigenvalue weighted by Gasteiger charge is -2.25. The molecule has 1 fully saturated rings. The van der Waals surface area contributed by atoms with Crippen molar-refractivity contribution in [3.8, 4) is 0 Å². The number of para-hydroxylation sites is 1. The van der Waals surface area contributed by atoms with Crippen LogP contribution < -0.4 is 4.90 Å². The number of carbonyl (C=O) groups excluding carboxylic acids is 2. The summed E-state index contributed by atoms with van der Waals surface area (Å²) in [5, 5.41) is 23.0. The molecular weight excluding hydrogens is 420 g/mol. The number of benzene rings is 3. The zero-order valence-electron chi connectivity index (χ0n) is 15.9. The Morgan fingerprint density at radius 3 is 2.32 bits per heavy atom. The fourth-order valence-electron chi connectivity index (χ4n) is 3.66. The maximum atomic E-state index is 13.0. The minimum absolute atomic E-state index is 0.101. The zero-order valence-corrected chi connectivity index (χ0v) is 16.7. The van der Waals surface area contributed by atoms with Gasteiger partial charge in [0, 0.05) is 22.3 Å². The van der Waals surface area contributed by atoms with Crippen molar-refractivity contribution in [3.63, 3.8) is 0 Å². The first-order chi connectivity index (χ1) is 14.9. The van der Waals surface area contributed by atoms with E-state index in [2.05, 4.69) is 0 Å². The third kappa shape index (κ3) is 3.55. The number of aliphatic hydroxyl groups excluding tert-OH is 1. The summed E-state index contributed by atoms with van der Waals surface area (Å²) >= 11 is 6.09. The van der Waals surface area contributed by atoms with Gasteiger partial charge in [0.25, 0.3) is 17.4 Å². The largest absolute Gasteiger partial charge is 0.507 e. The molecule has 0 bridgehead atoms. The number of amides is 1. The van der Waals surface area contributed by atoms with Gasteiger partial charge in [-0.15, -0.1) is 0 Å². The second kappa shape index (κ2) is 8.04. The number of anilines is 1. The van der Waals surface area contributed by atoms with Crippen molar-refractivity contribution >= 4 is 40.4 Å². The van der Waals surface area contributed by atoms with Gasteiger partial charge in [-0.1, -0.05) is 60.1 Å². The highest BCUT2D eigenvalue weighted by Crippen LogP contribution is 2.45. The Balaban J connectivity index is 2.02. The minimum Gasteiger partial charge on any atom is -0.507 e. The lowest BCUT2D eigenvalue weighted by molar-refractivity contribution is -0.385. The van der Waals surface area contributed by atoms with Crippen molar-refractivity contribution in [1.29, 1.82) is 0 Å². The molecule has 1 aliphatic rings. The lowest BCUT2D eigenvalue weighted by Crippen LogP contribution is -2.29. The van der Waals surface area contributed by atoms with E-state index in [-0.39, 0.29) is 22.5 Å². The molecule has 1 atom stereocenters. The summed E-state index contributed by atoms with van der Waals surface area (Å²) in [4.78, 5) is 38.3. The van der Waals surface area contributed by atoms with Crippen molar-refractivity contribution in [3.05, 3.63) is 111 Å². The average Bonchev–Trinajstić information content (AvgIpc) is 3.04. The fraction of sp³-hybridized carbons (Fsp3) is 0.0435. The van der Waals surface area contributed by atoms with Crippen LogP contribution in [0.15, 0.2) is 84.4 Å². The van der Waals surface area contributed by atoms with Crippen molar-refractivity contribution in [2.75, 3.05) is 4.90 Å². The van der Waals surface area contributed by atoms with E-state index in [9.17, 15) is 24.8 Å². The number of nitro groups is 1. The smallest absolute Gasteiger partial charge is 0.300 e. The number of ketones is 1. The molecule has 3 aromatic rings. The summed E-state index contributed by atoms with van der Waals surface area (Å²) in [7, 11) is 0. The molecule has 0 saturated carbocycles. The number of halogens is 1. The molecule has 154 valence electrons. The van der Waals surface area contributed by atoms with Crippen molar-refractivity contribution < 1.29 is 19.6 Å². The normalized spacial score (nSPS) is 17.7. The van der Waals surface area contributed by atoms with E-state index in [0.29, 0.717) is 10.6 Å². The highest BCUT2D eigenvalue weighted by atomic mass is 35.5. The Morgan fingerprint density at radius 1 is 0.968 bits per heavy atom. The standard InChI is InChI=1S/C23H15ClN2O5/c24-15-9-6-10-16(13-15)25-20(17-11-4-5-12-18(17)26(30)31)19(22(28)23(25)29)21(27)14-7-2-1-3-8-14/h1-13,20,27H/b21-19+/t20-/m1/s1. The Kier molecular flexibility index (Phi) is 5.27. The minimum atomic E-state index is -1.21. The van der Waals surface area contributed by atoms with Crippen LogP contribution in [0.3, 0.4) is 0 Å². The van der Waals surface area contributed by atoms with Crippen LogP contribution in [0, 0.1) is 10.1 Å². The van der Waals surface area contributed by atoms with Gasteiger partial charge in [-0.05, 0) is 24.3 Å². The van der Waals surface area contributed by atoms with E-state index in [1.54, 1.807) is 54.6 Å². The van der Waals surface area contributed by atoms with Crippen molar-refractivity contribution in [2.45, 2.75) is 6.04 Å². The number of Topliss-reactive ketones (excluding diaryl/α,β-unsaturated/α-hetero) is 1. The number of aliphatic hydroxyl groups is 1. The molecule has 1 aliphatic heterocycles. The summed E-state index contributed by atoms with van der Waals surface area (Å²) in [6.45, 7) is 0. The number of hydrogen-bond donors (Lipinski definition) is 1. The van der Waals surface area contributed by atoms with Crippen LogP contribution in [0.5, 0.6) is 0 Å². The third-order valence-electron chi connectivity index (χ3n) is 5.01. The zero-order chi connectivity index (χ0) is 22.1. The number of hydrogen-bond acceptors (Lipinski definition) is 5. The first-order valence-electron chi connectivity index (χ1n) is 9.25. The molecule has 7 nitrogen and oxygen atoms in total. The van der Waals surface area contributed by atoms with E-state index in [4.69, 9.17) is 11.6 Å². The lowest BCUT2D eigenvalue weighted by atomic mass is 9.94. The molecule has 8 heteroatoms. The number of carbonyl (C=O) groups is 2. The first-order valence-corrected chi connectivity index (χ1v) is 9.63. The van der Waals surface area contributed by atoms with Crippen LogP contribution in [-0.2, 0) is 9.59 Å². The molecule has 0 radical (unpaired) electrons. The second-order valence-electron chi connectivity index (χ2n) is 6.83. The van der Waals surface area contributed by atoms with Crippen LogP contribution in [0.1, 0.15) is 17.2 Å². The molecule has 0 spiro atoms. The van der Waals surface area contributed by atoms with Crippen LogP contribution in [0.4, 0.5) is 11.4 Å². The van der Waals surface area contributed by atoms with E-state index < -0.39 is 28.4 Å². The molecule has 0 aliphatic carbocycles. The molecule has 1 amide bonds. The summed E-state index contributed by atoms with van der Waals surface area (Å²) < 4.78 is 0. The molecule has 4 rings (SSSR count). The maximum Gasteiger partial charge on any atom is 0.300 e. The Hall–Kier alpha value is -3.97. The summed E-state index contributed by atoms with van der Waals surface area (Å²) in [5.74, 6) is -2.26. The Bertz CT molecular complexity index is 1240. The average molecular weight is 435 g/mol. The van der Waals surface area contributed by atoms with Gasteiger partial charge < -0.3 is 5.11 Å². The topological polar surface area (TPSA) is 101 Å². The monoisotopic (exact) mass is 434 g/mol. The second-order valence-corrected chi connectivity index (χ2v) is 7.27. The highest BCUT2D eigenvalue weighted by molar-refractivity contribution is 6.52. The van der Waals surface area contributed by atoms with Crippen LogP contribution in [0.25, 0.3) is 5.76 Å². The summed E-state index contributed by atoms with van der Waals surface area (Å²) in [5.41, 5.74) is 0.190. The van der Waals surface area contributed by atoms with Gasteiger partial charge in [0.15, 0.2) is 0 Å². The van der Waals surface area contributed by atoms with Crippen molar-refractivity contribution in [2.24, 2.45) is 0 Å². The Labute approximate surface area is 182 Å². The number of rotatable bonds is 4. The van der Waals surface area contributed by atoms with E-state index in [1.807, 2.05) is 0 Å². The number of nitro benzene ring substituents is 1. The molecule has 1 N–H and O–H groups in total. The SMILES string of the molecule is O=C1C(=O)N(c2cccc(Cl)c2)[C@H](c2ccccc2[N+](=O)[O-])/C1=C(\O)c1ccccc1. The predicted octanol–water partition coefficient (Wildman–Crippen LogP) is 4.87. The molecule has 31 heavy (non-hydrogen) atoms. The first kappa shape index (κ1) is 20.3. The third-order valence-corrected chi connectivity index (χ3v) is 5.24. The maximum absolute atomic E-state index is 13.0. The van der Waals surface area contributed by atoms with Gasteiger partial charge in [-0.3, -0.25) is 24.6 Å². The van der Waals surface area contributed by atoms with Crippen LogP contribution >= 0.6 is 11.6 Å². The molecule has 3 aromatic carbocycles. The van der Waals surface area contributed by atoms with Crippen LogP contribution in [0.2, 0.25) is 5.02 Å². The molecule has 0 aromatic heterocycles. The molecule has 1 saturated heterocycles. The molecular formula is C23H15ClN2O5. The summed E-state index contributed by atoms with van der Waals surface area (Å²) in [6.07, 6.45) is 0. The number of nitrogens with zero attached hydrogens (tertiary/aromatic N) is 2. The molecule has 0 unspecified atom stereocenters. The Morgan fingerprint density at radius 2 is 1.65 bits per heavy atom. The van der Waals surface area contributed by atoms with Crippen LogP contribution in [-0.4, -0.2) is 21.7 Å². The van der Waals surface area contributed by atoms with E-state index in [0.717, 1.165) is 4.90 Å². The highest BCUT2D eigenvalue weighted by Gasteiger charge is 2.48. The van der Waals surface area contributed by atoms with Gasteiger partial charge in [-0.2, -0.15) is 0 Å². The van der Waals surface area contributed by atoms with E-state index >= 15 is 0 Å².